The summed E-state index contributed by atoms with van der Waals surface area (Å²) in [5, 5.41) is 10.4. The molecule has 0 aromatic heterocycles. The first-order chi connectivity index (χ1) is 3.79. The van der Waals surface area contributed by atoms with Crippen molar-refractivity contribution in [1.82, 2.24) is 5.32 Å². The van der Waals surface area contributed by atoms with E-state index in [1.54, 1.807) is 0 Å². The molecule has 0 aromatic carbocycles. The number of hydrogen-bond acceptors (Lipinski definition) is 2. The van der Waals surface area contributed by atoms with Gasteiger partial charge >= 0.3 is 6.09 Å². The van der Waals surface area contributed by atoms with E-state index in [0.29, 0.717) is 13.2 Å². The summed E-state index contributed by atoms with van der Waals surface area (Å²) < 4.78 is 4.71. The Bertz CT molecular complexity index is 99.5. The highest BCUT2D eigenvalue weighted by Gasteiger charge is 2.19. The smallest absolute Gasteiger partial charge is 0.405 e. The van der Waals surface area contributed by atoms with Gasteiger partial charge < -0.3 is 15.2 Å². The first kappa shape index (κ1) is 5.37. The summed E-state index contributed by atoms with van der Waals surface area (Å²) in [4.78, 5) is 9.84. The van der Waals surface area contributed by atoms with Crippen LogP contribution in [0.25, 0.3) is 0 Å². The van der Waals surface area contributed by atoms with E-state index in [0.717, 1.165) is 0 Å². The predicted molar refractivity (Wildman–Crippen MR) is 25.8 cm³/mol. The van der Waals surface area contributed by atoms with Crippen LogP contribution in [0, 0.1) is 0 Å². The fourth-order valence-electron chi connectivity index (χ4n) is 0.494. The van der Waals surface area contributed by atoms with Crippen LogP contribution in [0.2, 0.25) is 0 Å². The SMILES string of the molecule is O=C(O)NC1COC1. The van der Waals surface area contributed by atoms with Gasteiger partial charge in [0.1, 0.15) is 0 Å². The maximum absolute atomic E-state index is 9.84. The summed E-state index contributed by atoms with van der Waals surface area (Å²) in [5.41, 5.74) is 0. The van der Waals surface area contributed by atoms with Crippen molar-refractivity contribution in [1.29, 1.82) is 0 Å². The van der Waals surface area contributed by atoms with Gasteiger partial charge in [0.25, 0.3) is 0 Å². The Morgan fingerprint density at radius 2 is 2.38 bits per heavy atom. The predicted octanol–water partition coefficient (Wildman–Crippen LogP) is -0.347. The number of nitrogens with one attached hydrogen (secondary N) is 1. The molecule has 1 amide bonds. The molecule has 8 heavy (non-hydrogen) atoms. The number of hydrogen-bond donors (Lipinski definition) is 2. The zero-order chi connectivity index (χ0) is 5.98. The topological polar surface area (TPSA) is 58.6 Å². The fraction of sp³-hybridized carbons (Fsp3) is 0.750. The molecule has 0 atom stereocenters. The van der Waals surface area contributed by atoms with Gasteiger partial charge in [0, 0.05) is 0 Å². The molecule has 0 radical (unpaired) electrons. The first-order valence-electron chi connectivity index (χ1n) is 2.36. The van der Waals surface area contributed by atoms with Crippen molar-refractivity contribution in [3.05, 3.63) is 0 Å². The quantitative estimate of drug-likeness (QED) is 0.493. The van der Waals surface area contributed by atoms with Crippen molar-refractivity contribution < 1.29 is 14.6 Å². The van der Waals surface area contributed by atoms with Crippen LogP contribution in [0.1, 0.15) is 0 Å². The Morgan fingerprint density at radius 1 is 1.75 bits per heavy atom. The van der Waals surface area contributed by atoms with Crippen LogP contribution in [0.5, 0.6) is 0 Å². The van der Waals surface area contributed by atoms with Gasteiger partial charge in [-0.05, 0) is 0 Å². The van der Waals surface area contributed by atoms with Gasteiger partial charge in [0.05, 0.1) is 19.3 Å². The molecule has 1 fully saturated rings. The molecule has 1 saturated heterocycles. The lowest BCUT2D eigenvalue weighted by molar-refractivity contribution is -0.00303. The Hall–Kier alpha value is -0.770. The number of carbonyl (C=O) groups is 1. The van der Waals surface area contributed by atoms with E-state index in [1.165, 1.54) is 0 Å². The molecule has 1 aliphatic rings. The fourth-order valence-corrected chi connectivity index (χ4v) is 0.494. The normalized spacial score (nSPS) is 19.5. The van der Waals surface area contributed by atoms with E-state index in [-0.39, 0.29) is 6.04 Å². The van der Waals surface area contributed by atoms with Crippen LogP contribution in [-0.2, 0) is 4.74 Å². The van der Waals surface area contributed by atoms with Crippen molar-refractivity contribution >= 4 is 6.09 Å². The van der Waals surface area contributed by atoms with E-state index in [1.807, 2.05) is 0 Å². The molecule has 0 spiro atoms. The van der Waals surface area contributed by atoms with Crippen LogP contribution in [0.3, 0.4) is 0 Å². The van der Waals surface area contributed by atoms with E-state index in [9.17, 15) is 4.79 Å². The number of rotatable bonds is 1. The summed E-state index contributed by atoms with van der Waals surface area (Å²) in [7, 11) is 0. The van der Waals surface area contributed by atoms with E-state index in [4.69, 9.17) is 9.84 Å². The lowest BCUT2D eigenvalue weighted by atomic mass is 10.3. The molecule has 46 valence electrons. The maximum atomic E-state index is 9.84. The average Bonchev–Trinajstić information content (AvgIpc) is 1.55. The second kappa shape index (κ2) is 2.00. The molecular weight excluding hydrogens is 110 g/mol. The lowest BCUT2D eigenvalue weighted by Gasteiger charge is -2.25. The standard InChI is InChI=1S/C4H7NO3/c6-4(7)5-3-1-8-2-3/h3,5H,1-2H2,(H,6,7). The summed E-state index contributed by atoms with van der Waals surface area (Å²) in [6.45, 7) is 1.04. The molecule has 4 heteroatoms. The van der Waals surface area contributed by atoms with Crippen LogP contribution in [-0.4, -0.2) is 30.5 Å². The van der Waals surface area contributed by atoms with Gasteiger partial charge in [-0.3, -0.25) is 0 Å². The third-order valence-electron chi connectivity index (χ3n) is 0.966. The molecule has 0 bridgehead atoms. The first-order valence-corrected chi connectivity index (χ1v) is 2.36. The highest BCUT2D eigenvalue weighted by Crippen LogP contribution is 1.97. The van der Waals surface area contributed by atoms with Crippen molar-refractivity contribution in [3.63, 3.8) is 0 Å². The number of ether oxygens (including phenoxy) is 1. The van der Waals surface area contributed by atoms with Crippen LogP contribution in [0.15, 0.2) is 0 Å². The highest BCUT2D eigenvalue weighted by atomic mass is 16.5. The van der Waals surface area contributed by atoms with Gasteiger partial charge in [-0.25, -0.2) is 4.79 Å². The van der Waals surface area contributed by atoms with Crippen molar-refractivity contribution in [2.75, 3.05) is 13.2 Å². The summed E-state index contributed by atoms with van der Waals surface area (Å²) in [6, 6.07) is 0.0347. The number of carboxylic acid groups (broad SMARTS) is 1. The third-order valence-corrected chi connectivity index (χ3v) is 0.966. The van der Waals surface area contributed by atoms with E-state index >= 15 is 0 Å². The van der Waals surface area contributed by atoms with Crippen molar-refractivity contribution in [2.45, 2.75) is 6.04 Å². The van der Waals surface area contributed by atoms with Gasteiger partial charge in [-0.2, -0.15) is 0 Å². The summed E-state index contributed by atoms with van der Waals surface area (Å²) in [6.07, 6.45) is -0.974. The van der Waals surface area contributed by atoms with Gasteiger partial charge in [0.15, 0.2) is 0 Å². The zero-order valence-electron chi connectivity index (χ0n) is 4.26. The molecular formula is C4H7NO3. The summed E-state index contributed by atoms with van der Waals surface area (Å²) >= 11 is 0. The average molecular weight is 117 g/mol. The van der Waals surface area contributed by atoms with E-state index < -0.39 is 6.09 Å². The Labute approximate surface area is 46.4 Å². The van der Waals surface area contributed by atoms with Crippen LogP contribution < -0.4 is 5.32 Å². The second-order valence-corrected chi connectivity index (χ2v) is 1.68. The van der Waals surface area contributed by atoms with E-state index in [2.05, 4.69) is 5.32 Å². The monoisotopic (exact) mass is 117 g/mol. The summed E-state index contributed by atoms with van der Waals surface area (Å²) in [5.74, 6) is 0. The minimum atomic E-state index is -0.974. The minimum Gasteiger partial charge on any atom is -0.465 e. The molecule has 2 N–H and O–H groups in total. The Balaban J connectivity index is 2.09. The van der Waals surface area contributed by atoms with Gasteiger partial charge in [-0.1, -0.05) is 0 Å². The third kappa shape index (κ3) is 1.10. The molecule has 0 saturated carbocycles. The number of amides is 1. The van der Waals surface area contributed by atoms with Gasteiger partial charge in [-0.15, -0.1) is 0 Å². The van der Waals surface area contributed by atoms with Crippen molar-refractivity contribution in [2.24, 2.45) is 0 Å². The molecule has 4 nitrogen and oxygen atoms in total. The molecule has 1 rings (SSSR count). The second-order valence-electron chi connectivity index (χ2n) is 1.68. The molecule has 0 unspecified atom stereocenters. The molecule has 0 aromatic rings. The van der Waals surface area contributed by atoms with Crippen molar-refractivity contribution in [3.8, 4) is 0 Å². The van der Waals surface area contributed by atoms with Crippen LogP contribution in [0.4, 0.5) is 4.79 Å². The van der Waals surface area contributed by atoms with Gasteiger partial charge in [0.2, 0.25) is 0 Å². The Morgan fingerprint density at radius 3 is 2.50 bits per heavy atom. The zero-order valence-corrected chi connectivity index (χ0v) is 4.26. The highest BCUT2D eigenvalue weighted by molar-refractivity contribution is 5.64. The molecule has 1 aliphatic heterocycles. The Kier molecular flexibility index (Phi) is 1.34. The minimum absolute atomic E-state index is 0.0347. The molecule has 0 aliphatic carbocycles. The lowest BCUT2D eigenvalue weighted by Crippen LogP contribution is -2.48. The van der Waals surface area contributed by atoms with Crippen LogP contribution >= 0.6 is 0 Å². The molecule has 1 heterocycles. The largest absolute Gasteiger partial charge is 0.465 e. The maximum Gasteiger partial charge on any atom is 0.405 e.